The van der Waals surface area contributed by atoms with Gasteiger partial charge in [-0.05, 0) is 37.0 Å². The van der Waals surface area contributed by atoms with Gasteiger partial charge in [0.15, 0.2) is 0 Å². The zero-order valence-electron chi connectivity index (χ0n) is 24.2. The van der Waals surface area contributed by atoms with Crippen LogP contribution >= 0.6 is 0 Å². The van der Waals surface area contributed by atoms with Gasteiger partial charge in [0.2, 0.25) is 0 Å². The molecule has 0 radical (unpaired) electrons. The van der Waals surface area contributed by atoms with Gasteiger partial charge < -0.3 is 14.0 Å². The lowest BCUT2D eigenvalue weighted by atomic mass is 10.0. The Kier molecular flexibility index (Phi) is 14.4. The largest absolute Gasteiger partial charge is 0.487 e. The second kappa shape index (κ2) is 17.2. The van der Waals surface area contributed by atoms with Crippen LogP contribution in [0.3, 0.4) is 0 Å². The summed E-state index contributed by atoms with van der Waals surface area (Å²) in [5, 5.41) is 0. The molecule has 0 fully saturated rings. The molecule has 2 unspecified atom stereocenters. The van der Waals surface area contributed by atoms with Crippen molar-refractivity contribution in [2.24, 2.45) is 5.92 Å². The zero-order valence-corrected chi connectivity index (χ0v) is 24.2. The number of unbranched alkanes of at least 4 members (excludes halogenated alkanes) is 6. The molecule has 2 aromatic carbocycles. The number of hydrogen-bond donors (Lipinski definition) is 0. The molecular weight excluding hydrogens is 458 g/mol. The fraction of sp³-hybridized carbons (Fsp3) is 0.606. The molecular formula is C33H52NO3+. The third-order valence-corrected chi connectivity index (χ3v) is 7.16. The van der Waals surface area contributed by atoms with Crippen LogP contribution in [0.5, 0.6) is 5.75 Å². The van der Waals surface area contributed by atoms with Crippen molar-refractivity contribution in [2.75, 3.05) is 27.2 Å². The van der Waals surface area contributed by atoms with Crippen molar-refractivity contribution in [1.82, 2.24) is 0 Å². The molecule has 0 aliphatic carbocycles. The van der Waals surface area contributed by atoms with Crippen LogP contribution in [0.4, 0.5) is 0 Å². The van der Waals surface area contributed by atoms with E-state index in [0.717, 1.165) is 42.6 Å². The number of rotatable bonds is 19. The minimum absolute atomic E-state index is 0.129. The number of esters is 1. The summed E-state index contributed by atoms with van der Waals surface area (Å²) in [4.78, 5) is 12.7. The van der Waals surface area contributed by atoms with Gasteiger partial charge in [0.25, 0.3) is 0 Å². The fourth-order valence-corrected chi connectivity index (χ4v) is 4.62. The fourth-order valence-electron chi connectivity index (χ4n) is 4.62. The first-order valence-electron chi connectivity index (χ1n) is 14.6. The highest BCUT2D eigenvalue weighted by molar-refractivity contribution is 5.71. The van der Waals surface area contributed by atoms with E-state index in [1.54, 1.807) is 0 Å². The van der Waals surface area contributed by atoms with Crippen LogP contribution in [-0.2, 0) is 22.5 Å². The molecule has 2 atom stereocenters. The predicted molar refractivity (Wildman–Crippen MR) is 155 cm³/mol. The zero-order chi connectivity index (χ0) is 26.9. The number of carbonyl (C=O) groups is 1. The summed E-state index contributed by atoms with van der Waals surface area (Å²) < 4.78 is 12.7. The van der Waals surface area contributed by atoms with E-state index in [4.69, 9.17) is 9.47 Å². The van der Waals surface area contributed by atoms with Crippen LogP contribution in [0.15, 0.2) is 54.6 Å². The maximum atomic E-state index is 12.7. The van der Waals surface area contributed by atoms with E-state index in [9.17, 15) is 4.79 Å². The molecule has 2 aromatic rings. The van der Waals surface area contributed by atoms with Gasteiger partial charge in [-0.3, -0.25) is 4.79 Å². The van der Waals surface area contributed by atoms with Crippen molar-refractivity contribution in [3.63, 3.8) is 0 Å². The molecule has 37 heavy (non-hydrogen) atoms. The third kappa shape index (κ3) is 13.2. The van der Waals surface area contributed by atoms with Gasteiger partial charge in [-0.2, -0.15) is 0 Å². The molecule has 0 amide bonds. The molecule has 0 saturated heterocycles. The second-order valence-electron chi connectivity index (χ2n) is 11.3. The summed E-state index contributed by atoms with van der Waals surface area (Å²) in [6.45, 7) is 8.48. The Morgan fingerprint density at radius 1 is 0.865 bits per heavy atom. The average molecular weight is 511 g/mol. The average Bonchev–Trinajstić information content (AvgIpc) is 2.89. The molecule has 4 nitrogen and oxygen atoms in total. The number of carbonyl (C=O) groups excluding carboxylic acids is 1. The SMILES string of the molecule is CCCCCCCCCc1cccc(OC(CC)COC(=O)C(C)CC[N+](C)(C)Cc2ccccc2)c1. The summed E-state index contributed by atoms with van der Waals surface area (Å²) in [5.41, 5.74) is 2.64. The van der Waals surface area contributed by atoms with Crippen LogP contribution in [0.1, 0.15) is 89.7 Å². The van der Waals surface area contributed by atoms with Gasteiger partial charge in [-0.1, -0.05) is 102 Å². The number of aryl methyl sites for hydroxylation is 1. The predicted octanol–water partition coefficient (Wildman–Crippen LogP) is 7.98. The van der Waals surface area contributed by atoms with E-state index in [2.05, 4.69) is 70.4 Å². The van der Waals surface area contributed by atoms with Crippen LogP contribution < -0.4 is 4.74 Å². The highest BCUT2D eigenvalue weighted by Crippen LogP contribution is 2.19. The minimum Gasteiger partial charge on any atom is -0.487 e. The lowest BCUT2D eigenvalue weighted by molar-refractivity contribution is -0.904. The Bertz CT molecular complexity index is 880. The van der Waals surface area contributed by atoms with Crippen molar-refractivity contribution < 1.29 is 18.8 Å². The number of benzene rings is 2. The summed E-state index contributed by atoms with van der Waals surface area (Å²) in [6.07, 6.45) is 11.8. The van der Waals surface area contributed by atoms with Gasteiger partial charge in [0.1, 0.15) is 25.0 Å². The third-order valence-electron chi connectivity index (χ3n) is 7.16. The Morgan fingerprint density at radius 2 is 1.54 bits per heavy atom. The number of hydrogen-bond acceptors (Lipinski definition) is 3. The quantitative estimate of drug-likeness (QED) is 0.109. The van der Waals surface area contributed by atoms with Gasteiger partial charge in [-0.15, -0.1) is 0 Å². The molecule has 0 heterocycles. The standard InChI is InChI=1S/C33H52NO3/c1-6-8-9-10-11-12-14-18-29-21-17-22-32(25-29)37-31(7-2)27-36-33(35)28(3)23-24-34(4,5)26-30-19-15-13-16-20-30/h13,15-17,19-22,25,28,31H,6-12,14,18,23-24,26-27H2,1-5H3/q+1. The summed E-state index contributed by atoms with van der Waals surface area (Å²) >= 11 is 0. The highest BCUT2D eigenvalue weighted by atomic mass is 16.6. The molecule has 0 bridgehead atoms. The van der Waals surface area contributed by atoms with E-state index in [1.165, 1.54) is 56.1 Å². The van der Waals surface area contributed by atoms with Gasteiger partial charge in [0.05, 0.1) is 26.6 Å². The van der Waals surface area contributed by atoms with Crippen molar-refractivity contribution in [3.05, 3.63) is 65.7 Å². The second-order valence-corrected chi connectivity index (χ2v) is 11.3. The first kappa shape index (κ1) is 30.9. The molecule has 0 N–H and O–H groups in total. The van der Waals surface area contributed by atoms with Crippen molar-refractivity contribution >= 4 is 5.97 Å². The first-order chi connectivity index (χ1) is 17.8. The number of quaternary nitrogens is 1. The van der Waals surface area contributed by atoms with E-state index in [-0.39, 0.29) is 18.0 Å². The Morgan fingerprint density at radius 3 is 2.24 bits per heavy atom. The Balaban J connectivity index is 1.72. The van der Waals surface area contributed by atoms with Crippen LogP contribution in [-0.4, -0.2) is 43.8 Å². The van der Waals surface area contributed by atoms with Gasteiger partial charge >= 0.3 is 5.97 Å². The maximum absolute atomic E-state index is 12.7. The van der Waals surface area contributed by atoms with E-state index in [0.29, 0.717) is 6.61 Å². The lowest BCUT2D eigenvalue weighted by Gasteiger charge is -2.30. The molecule has 0 aromatic heterocycles. The van der Waals surface area contributed by atoms with Gasteiger partial charge in [0, 0.05) is 12.0 Å². The monoisotopic (exact) mass is 510 g/mol. The molecule has 206 valence electrons. The molecule has 0 aliphatic rings. The minimum atomic E-state index is -0.130. The maximum Gasteiger partial charge on any atom is 0.309 e. The number of nitrogens with zero attached hydrogens (tertiary/aromatic N) is 1. The summed E-state index contributed by atoms with van der Waals surface area (Å²) in [5.74, 6) is 0.613. The molecule has 0 saturated carbocycles. The van der Waals surface area contributed by atoms with Crippen molar-refractivity contribution in [1.29, 1.82) is 0 Å². The summed E-state index contributed by atoms with van der Waals surface area (Å²) in [7, 11) is 4.43. The topological polar surface area (TPSA) is 35.5 Å². The van der Waals surface area contributed by atoms with E-state index in [1.807, 2.05) is 19.1 Å². The van der Waals surface area contributed by atoms with Crippen LogP contribution in [0, 0.1) is 5.92 Å². The van der Waals surface area contributed by atoms with Crippen LogP contribution in [0.25, 0.3) is 0 Å². The van der Waals surface area contributed by atoms with E-state index >= 15 is 0 Å². The number of ether oxygens (including phenoxy) is 2. The lowest BCUT2D eigenvalue weighted by Crippen LogP contribution is -2.40. The molecule has 0 aliphatic heterocycles. The normalized spacial score (nSPS) is 13.2. The first-order valence-corrected chi connectivity index (χ1v) is 14.6. The highest BCUT2D eigenvalue weighted by Gasteiger charge is 2.22. The van der Waals surface area contributed by atoms with Gasteiger partial charge in [-0.25, -0.2) is 0 Å². The van der Waals surface area contributed by atoms with Crippen molar-refractivity contribution in [3.8, 4) is 5.75 Å². The van der Waals surface area contributed by atoms with Crippen LogP contribution in [0.2, 0.25) is 0 Å². The Labute approximate surface area is 227 Å². The molecule has 2 rings (SSSR count). The van der Waals surface area contributed by atoms with Crippen molar-refractivity contribution in [2.45, 2.75) is 97.6 Å². The molecule has 0 spiro atoms. The smallest absolute Gasteiger partial charge is 0.309 e. The molecule has 4 heteroatoms. The summed E-state index contributed by atoms with van der Waals surface area (Å²) in [6, 6.07) is 18.9. The van der Waals surface area contributed by atoms with E-state index < -0.39 is 0 Å². The Hall–Kier alpha value is -2.33.